The van der Waals surface area contributed by atoms with Gasteiger partial charge in [0.25, 0.3) is 0 Å². The van der Waals surface area contributed by atoms with E-state index in [4.69, 9.17) is 4.84 Å². The Kier molecular flexibility index (Phi) is 3.29. The lowest BCUT2D eigenvalue weighted by atomic mass is 10.0. The summed E-state index contributed by atoms with van der Waals surface area (Å²) in [6.07, 6.45) is 2.56. The minimum atomic E-state index is -0.127. The van der Waals surface area contributed by atoms with Crippen molar-refractivity contribution in [3.05, 3.63) is 35.9 Å². The number of amides is 1. The fourth-order valence-electron chi connectivity index (χ4n) is 2.96. The molecule has 4 heteroatoms. The Morgan fingerprint density at radius 3 is 2.79 bits per heavy atom. The number of rotatable bonds is 4. The zero-order valence-electron chi connectivity index (χ0n) is 11.3. The van der Waals surface area contributed by atoms with E-state index in [2.05, 4.69) is 34.6 Å². The van der Waals surface area contributed by atoms with Gasteiger partial charge in [0, 0.05) is 32.0 Å². The molecule has 1 aromatic carbocycles. The maximum atomic E-state index is 11.0. The number of carbonyl (C=O) groups is 1. The van der Waals surface area contributed by atoms with Crippen LogP contribution in [0.3, 0.4) is 0 Å². The van der Waals surface area contributed by atoms with Crippen LogP contribution in [0.2, 0.25) is 0 Å². The van der Waals surface area contributed by atoms with Gasteiger partial charge >= 0.3 is 0 Å². The summed E-state index contributed by atoms with van der Waals surface area (Å²) in [6, 6.07) is 10.5. The number of nitrogens with zero attached hydrogens (tertiary/aromatic N) is 1. The minimum Gasteiger partial charge on any atom is -0.296 e. The smallest absolute Gasteiger partial charge is 0.240 e. The molecule has 1 unspecified atom stereocenters. The molecule has 1 atom stereocenters. The highest BCUT2D eigenvalue weighted by molar-refractivity contribution is 5.71. The van der Waals surface area contributed by atoms with Gasteiger partial charge in [0.05, 0.1) is 0 Å². The van der Waals surface area contributed by atoms with Gasteiger partial charge in [-0.3, -0.25) is 14.5 Å². The van der Waals surface area contributed by atoms with E-state index in [9.17, 15) is 4.79 Å². The van der Waals surface area contributed by atoms with Gasteiger partial charge in [-0.15, -0.1) is 0 Å². The van der Waals surface area contributed by atoms with Crippen LogP contribution in [0, 0.1) is 5.41 Å². The first-order valence-electron chi connectivity index (χ1n) is 6.86. The number of carbonyl (C=O) groups excluding carboxylic acids is 1. The third-order valence-electron chi connectivity index (χ3n) is 4.13. The Balaban J connectivity index is 1.59. The lowest BCUT2D eigenvalue weighted by molar-refractivity contribution is -0.138. The standard InChI is InChI=1S/C15H20N2O2/c1-12(18)16-19-14-10-17(11-15(14)7-8-15)9-13-5-3-2-4-6-13/h2-6,14H,7-11H2,1H3,(H,16,18). The first-order valence-corrected chi connectivity index (χ1v) is 6.86. The zero-order chi connectivity index (χ0) is 13.3. The van der Waals surface area contributed by atoms with Gasteiger partial charge in [-0.1, -0.05) is 30.3 Å². The lowest BCUT2D eigenvalue weighted by Gasteiger charge is -2.16. The van der Waals surface area contributed by atoms with E-state index in [0.717, 1.165) is 19.6 Å². The molecule has 1 aliphatic carbocycles. The minimum absolute atomic E-state index is 0.127. The van der Waals surface area contributed by atoms with Crippen molar-refractivity contribution in [1.82, 2.24) is 10.4 Å². The molecule has 1 aliphatic heterocycles. The fraction of sp³-hybridized carbons (Fsp3) is 0.533. The van der Waals surface area contributed by atoms with Crippen molar-refractivity contribution in [3.8, 4) is 0 Å². The van der Waals surface area contributed by atoms with E-state index in [1.54, 1.807) is 0 Å². The van der Waals surface area contributed by atoms with Gasteiger partial charge in [0.2, 0.25) is 5.91 Å². The summed E-state index contributed by atoms with van der Waals surface area (Å²) in [5.74, 6) is -0.127. The molecule has 1 saturated heterocycles. The molecule has 1 aromatic rings. The number of hydrogen-bond donors (Lipinski definition) is 1. The first kappa shape index (κ1) is 12.6. The van der Waals surface area contributed by atoms with Gasteiger partial charge in [-0.05, 0) is 18.4 Å². The third-order valence-corrected chi connectivity index (χ3v) is 4.13. The monoisotopic (exact) mass is 260 g/mol. The molecule has 1 N–H and O–H groups in total. The van der Waals surface area contributed by atoms with Crippen LogP contribution in [-0.4, -0.2) is 30.0 Å². The largest absolute Gasteiger partial charge is 0.296 e. The van der Waals surface area contributed by atoms with E-state index in [1.807, 2.05) is 6.07 Å². The molecule has 1 saturated carbocycles. The summed E-state index contributed by atoms with van der Waals surface area (Å²) < 4.78 is 0. The molecule has 2 aliphatic rings. The summed E-state index contributed by atoms with van der Waals surface area (Å²) in [7, 11) is 0. The number of hydrogen-bond acceptors (Lipinski definition) is 3. The molecule has 0 aromatic heterocycles. The predicted molar refractivity (Wildman–Crippen MR) is 72.1 cm³/mol. The molecule has 3 rings (SSSR count). The van der Waals surface area contributed by atoms with Crippen molar-refractivity contribution >= 4 is 5.91 Å². The van der Waals surface area contributed by atoms with Crippen molar-refractivity contribution in [2.45, 2.75) is 32.4 Å². The number of likely N-dealkylation sites (tertiary alicyclic amines) is 1. The molecule has 1 amide bonds. The average Bonchev–Trinajstić information content (AvgIpc) is 3.07. The third kappa shape index (κ3) is 2.80. The molecule has 1 spiro atoms. The summed E-state index contributed by atoms with van der Waals surface area (Å²) >= 11 is 0. The van der Waals surface area contributed by atoms with Crippen LogP contribution in [0.25, 0.3) is 0 Å². The van der Waals surface area contributed by atoms with E-state index >= 15 is 0 Å². The van der Waals surface area contributed by atoms with Crippen LogP contribution < -0.4 is 5.48 Å². The van der Waals surface area contributed by atoms with E-state index in [-0.39, 0.29) is 17.4 Å². The second-order valence-corrected chi connectivity index (χ2v) is 5.78. The maximum absolute atomic E-state index is 11.0. The molecule has 0 bridgehead atoms. The second-order valence-electron chi connectivity index (χ2n) is 5.78. The second kappa shape index (κ2) is 4.94. The highest BCUT2D eigenvalue weighted by atomic mass is 16.7. The Morgan fingerprint density at radius 1 is 1.42 bits per heavy atom. The molecular weight excluding hydrogens is 240 g/mol. The van der Waals surface area contributed by atoms with Crippen LogP contribution in [0.1, 0.15) is 25.3 Å². The van der Waals surface area contributed by atoms with Crippen LogP contribution in [-0.2, 0) is 16.2 Å². The highest BCUT2D eigenvalue weighted by Crippen LogP contribution is 2.53. The Hall–Kier alpha value is -1.39. The summed E-state index contributed by atoms with van der Waals surface area (Å²) in [6.45, 7) is 4.42. The number of nitrogens with one attached hydrogen (secondary N) is 1. The molecule has 102 valence electrons. The summed E-state index contributed by atoms with van der Waals surface area (Å²) in [4.78, 5) is 18.9. The van der Waals surface area contributed by atoms with E-state index in [1.165, 1.54) is 25.3 Å². The molecule has 19 heavy (non-hydrogen) atoms. The van der Waals surface area contributed by atoms with Crippen LogP contribution in [0.4, 0.5) is 0 Å². The van der Waals surface area contributed by atoms with Crippen molar-refractivity contribution < 1.29 is 9.63 Å². The van der Waals surface area contributed by atoms with Crippen LogP contribution in [0.15, 0.2) is 30.3 Å². The van der Waals surface area contributed by atoms with Gasteiger partial charge < -0.3 is 0 Å². The normalized spacial score (nSPS) is 24.6. The van der Waals surface area contributed by atoms with Crippen molar-refractivity contribution in [3.63, 3.8) is 0 Å². The molecule has 2 fully saturated rings. The number of benzene rings is 1. The van der Waals surface area contributed by atoms with Crippen molar-refractivity contribution in [1.29, 1.82) is 0 Å². The molecule has 4 nitrogen and oxygen atoms in total. The Morgan fingerprint density at radius 2 is 2.16 bits per heavy atom. The lowest BCUT2D eigenvalue weighted by Crippen LogP contribution is -2.33. The highest BCUT2D eigenvalue weighted by Gasteiger charge is 2.56. The predicted octanol–water partition coefficient (Wildman–Crippen LogP) is 1.72. The fourth-order valence-corrected chi connectivity index (χ4v) is 2.96. The summed E-state index contributed by atoms with van der Waals surface area (Å²) in [5, 5.41) is 0. The number of hydroxylamine groups is 1. The average molecular weight is 260 g/mol. The van der Waals surface area contributed by atoms with E-state index in [0.29, 0.717) is 0 Å². The molecular formula is C15H20N2O2. The topological polar surface area (TPSA) is 41.6 Å². The first-order chi connectivity index (χ1) is 9.18. The summed E-state index contributed by atoms with van der Waals surface area (Å²) in [5.41, 5.74) is 4.12. The quantitative estimate of drug-likeness (QED) is 0.838. The SMILES string of the molecule is CC(=O)NOC1CN(Cc2ccccc2)CC12CC2. The Labute approximate surface area is 113 Å². The zero-order valence-corrected chi connectivity index (χ0v) is 11.3. The van der Waals surface area contributed by atoms with Crippen molar-refractivity contribution in [2.24, 2.45) is 5.41 Å². The van der Waals surface area contributed by atoms with Gasteiger partial charge in [0.1, 0.15) is 6.10 Å². The Bertz CT molecular complexity index is 456. The molecule has 0 radical (unpaired) electrons. The van der Waals surface area contributed by atoms with Gasteiger partial charge in [-0.25, -0.2) is 5.48 Å². The van der Waals surface area contributed by atoms with Crippen LogP contribution in [0.5, 0.6) is 0 Å². The van der Waals surface area contributed by atoms with Gasteiger partial charge in [0.15, 0.2) is 0 Å². The van der Waals surface area contributed by atoms with Crippen LogP contribution >= 0.6 is 0 Å². The maximum Gasteiger partial charge on any atom is 0.240 e. The molecule has 1 heterocycles. The van der Waals surface area contributed by atoms with E-state index < -0.39 is 0 Å². The van der Waals surface area contributed by atoms with Gasteiger partial charge in [-0.2, -0.15) is 0 Å². The van der Waals surface area contributed by atoms with Crippen molar-refractivity contribution in [2.75, 3.05) is 13.1 Å².